The van der Waals surface area contributed by atoms with Crippen molar-refractivity contribution in [2.45, 2.75) is 25.6 Å². The molecule has 1 amide bonds. The maximum absolute atomic E-state index is 14.2. The Morgan fingerprint density at radius 2 is 1.97 bits per heavy atom. The van der Waals surface area contributed by atoms with Crippen LogP contribution in [0.3, 0.4) is 0 Å². The maximum Gasteiger partial charge on any atom is 0.416 e. The lowest BCUT2D eigenvalue weighted by Crippen LogP contribution is -2.28. The van der Waals surface area contributed by atoms with E-state index in [-0.39, 0.29) is 17.8 Å². The summed E-state index contributed by atoms with van der Waals surface area (Å²) in [6.45, 7) is 1.57. The number of amides is 1. The van der Waals surface area contributed by atoms with Crippen LogP contribution in [-0.2, 0) is 28.5 Å². The van der Waals surface area contributed by atoms with Crippen molar-refractivity contribution < 1.29 is 26.6 Å². The Balaban J connectivity index is 1.77. The first-order chi connectivity index (χ1) is 15.1. The highest BCUT2D eigenvalue weighted by Gasteiger charge is 2.31. The number of nitrogens with one attached hydrogen (secondary N) is 2. The van der Waals surface area contributed by atoms with E-state index >= 15 is 0 Å². The van der Waals surface area contributed by atoms with Gasteiger partial charge in [0.2, 0.25) is 5.91 Å². The van der Waals surface area contributed by atoms with Crippen LogP contribution in [0.25, 0.3) is 10.6 Å². The Morgan fingerprint density at radius 1 is 1.22 bits per heavy atom. The van der Waals surface area contributed by atoms with E-state index in [4.69, 9.17) is 0 Å². The molecule has 1 aromatic heterocycles. The van der Waals surface area contributed by atoms with Crippen LogP contribution in [0.5, 0.6) is 0 Å². The number of anilines is 1. The average molecular weight is 486 g/mol. The number of aromatic nitrogens is 1. The zero-order valence-corrected chi connectivity index (χ0v) is 18.6. The number of thiazole rings is 1. The second-order valence-corrected chi connectivity index (χ2v) is 8.95. The summed E-state index contributed by atoms with van der Waals surface area (Å²) in [5.41, 5.74) is 0.421. The van der Waals surface area contributed by atoms with Gasteiger partial charge >= 0.3 is 6.18 Å². The zero-order chi connectivity index (χ0) is 23.5. The fraction of sp³-hybridized carbons (Fsp3) is 0.238. The third kappa shape index (κ3) is 5.71. The molecule has 32 heavy (non-hydrogen) atoms. The van der Waals surface area contributed by atoms with Crippen LogP contribution in [0.1, 0.15) is 29.5 Å². The van der Waals surface area contributed by atoms with E-state index in [1.807, 2.05) is 0 Å². The van der Waals surface area contributed by atoms with Crippen LogP contribution in [0.2, 0.25) is 0 Å². The van der Waals surface area contributed by atoms with Gasteiger partial charge in [-0.25, -0.2) is 13.6 Å². The number of hydrogen-bond acceptors (Lipinski definition) is 4. The minimum Gasteiger partial charge on any atom is -0.351 e. The Bertz CT molecular complexity index is 1130. The van der Waals surface area contributed by atoms with Gasteiger partial charge in [0.1, 0.15) is 21.8 Å². The zero-order valence-electron chi connectivity index (χ0n) is 17.0. The highest BCUT2D eigenvalue weighted by atomic mass is 32.2. The third-order valence-corrected chi connectivity index (χ3v) is 6.01. The average Bonchev–Trinajstić information content (AvgIpc) is 3.26. The first-order valence-corrected chi connectivity index (χ1v) is 11.8. The lowest BCUT2D eigenvalue weighted by molar-refractivity contribution is -0.137. The number of nitrogens with zero attached hydrogens (tertiary/aromatic N) is 1. The molecule has 5 nitrogen and oxygen atoms in total. The summed E-state index contributed by atoms with van der Waals surface area (Å²) in [5.74, 6) is -1.79. The lowest BCUT2D eigenvalue weighted by atomic mass is 9.99. The van der Waals surface area contributed by atoms with Gasteiger partial charge in [0.05, 0.1) is 17.2 Å². The molecule has 0 spiro atoms. The second kappa shape index (κ2) is 9.78. The van der Waals surface area contributed by atoms with Crippen molar-refractivity contribution >= 4 is 33.9 Å². The molecule has 2 N–H and O–H groups in total. The van der Waals surface area contributed by atoms with Gasteiger partial charge in [0, 0.05) is 29.9 Å². The highest BCUT2D eigenvalue weighted by molar-refractivity contribution is 7.85. The molecule has 3 rings (SSSR count). The molecule has 0 radical (unpaired) electrons. The number of rotatable bonds is 7. The van der Waals surface area contributed by atoms with Crippen LogP contribution in [0.4, 0.5) is 23.2 Å². The summed E-state index contributed by atoms with van der Waals surface area (Å²) in [6.07, 6.45) is -1.64. The molecule has 11 heteroatoms. The minimum absolute atomic E-state index is 0.0207. The second-order valence-electron chi connectivity index (χ2n) is 6.94. The molecule has 0 saturated carbocycles. The first kappa shape index (κ1) is 23.9. The van der Waals surface area contributed by atoms with Crippen LogP contribution < -0.4 is 10.0 Å². The molecule has 3 aromatic rings. The van der Waals surface area contributed by atoms with E-state index in [0.29, 0.717) is 16.1 Å². The van der Waals surface area contributed by atoms with Gasteiger partial charge in [-0.15, -0.1) is 11.3 Å². The minimum atomic E-state index is -4.50. The summed E-state index contributed by atoms with van der Waals surface area (Å²) >= 11 is 1.19. The number of carbonyl (C=O) groups excluding carboxylic acids is 1. The Kier molecular flexibility index (Phi) is 7.29. The normalized spacial score (nSPS) is 13.4. The van der Waals surface area contributed by atoms with Crippen LogP contribution in [-0.4, -0.2) is 21.4 Å². The molecule has 0 aliphatic rings. The first-order valence-electron chi connectivity index (χ1n) is 9.33. The fourth-order valence-electron chi connectivity index (χ4n) is 2.99. The van der Waals surface area contributed by atoms with Crippen LogP contribution in [0, 0.1) is 5.82 Å². The monoisotopic (exact) mass is 485 g/mol. The Hall–Kier alpha value is -2.79. The van der Waals surface area contributed by atoms with Gasteiger partial charge in [-0.1, -0.05) is 12.1 Å². The van der Waals surface area contributed by atoms with E-state index in [1.54, 1.807) is 18.4 Å². The SMILES string of the molecule is CC(C(=O)NCc1ccc(C(F)(F)F)cc1-c1nccs1)c1ccc(NS(C)=O)c(F)c1. The van der Waals surface area contributed by atoms with Gasteiger partial charge in [0.25, 0.3) is 0 Å². The quantitative estimate of drug-likeness (QED) is 0.458. The number of hydrogen-bond donors (Lipinski definition) is 2. The number of alkyl halides is 3. The Morgan fingerprint density at radius 3 is 2.56 bits per heavy atom. The van der Waals surface area contributed by atoms with Crippen molar-refractivity contribution in [2.75, 3.05) is 11.0 Å². The van der Waals surface area contributed by atoms with Gasteiger partial charge in [-0.2, -0.15) is 13.2 Å². The number of halogens is 4. The predicted octanol–water partition coefficient (Wildman–Crippen LogP) is 5.09. The Labute approximate surface area is 188 Å². The van der Waals surface area contributed by atoms with Crippen molar-refractivity contribution in [3.05, 3.63) is 70.5 Å². The molecule has 0 aliphatic heterocycles. The van der Waals surface area contributed by atoms with Gasteiger partial charge in [-0.3, -0.25) is 4.79 Å². The van der Waals surface area contributed by atoms with Gasteiger partial charge < -0.3 is 10.0 Å². The summed E-state index contributed by atoms with van der Waals surface area (Å²) in [7, 11) is -1.44. The van der Waals surface area contributed by atoms with E-state index in [2.05, 4.69) is 15.0 Å². The molecule has 1 heterocycles. The molecule has 0 saturated heterocycles. The fourth-order valence-corrected chi connectivity index (χ4v) is 4.15. The summed E-state index contributed by atoms with van der Waals surface area (Å²) in [4.78, 5) is 16.7. The van der Waals surface area contributed by atoms with Crippen molar-refractivity contribution in [2.24, 2.45) is 0 Å². The summed E-state index contributed by atoms with van der Waals surface area (Å²) < 4.78 is 67.3. The van der Waals surface area contributed by atoms with Crippen molar-refractivity contribution in [1.82, 2.24) is 10.3 Å². The molecule has 0 bridgehead atoms. The maximum atomic E-state index is 14.2. The summed E-state index contributed by atoms with van der Waals surface area (Å²) in [6, 6.07) is 7.41. The highest BCUT2D eigenvalue weighted by Crippen LogP contribution is 2.35. The summed E-state index contributed by atoms with van der Waals surface area (Å²) in [5, 5.41) is 4.76. The smallest absolute Gasteiger partial charge is 0.351 e. The molecule has 2 unspecified atom stereocenters. The van der Waals surface area contributed by atoms with E-state index < -0.39 is 40.4 Å². The largest absolute Gasteiger partial charge is 0.416 e. The van der Waals surface area contributed by atoms with Crippen LogP contribution >= 0.6 is 11.3 Å². The lowest BCUT2D eigenvalue weighted by Gasteiger charge is -2.16. The number of carbonyl (C=O) groups is 1. The topological polar surface area (TPSA) is 71.1 Å². The standard InChI is InChI=1S/C21H19F4N3O2S2/c1-12(13-4-6-18(17(22)9-13)28-32(2)30)19(29)27-11-14-3-5-15(21(23,24)25)10-16(14)20-26-7-8-31-20/h3-10,12,28H,11H2,1-2H3,(H,27,29). The predicted molar refractivity (Wildman–Crippen MR) is 117 cm³/mol. The van der Waals surface area contributed by atoms with Crippen molar-refractivity contribution in [1.29, 1.82) is 0 Å². The van der Waals surface area contributed by atoms with Crippen molar-refractivity contribution in [3.8, 4) is 10.6 Å². The van der Waals surface area contributed by atoms with Crippen molar-refractivity contribution in [3.63, 3.8) is 0 Å². The third-order valence-electron chi connectivity index (χ3n) is 4.69. The van der Waals surface area contributed by atoms with E-state index in [1.165, 1.54) is 42.0 Å². The van der Waals surface area contributed by atoms with E-state index in [9.17, 15) is 26.6 Å². The molecule has 0 fully saturated rings. The molecule has 2 aromatic carbocycles. The number of benzene rings is 2. The van der Waals surface area contributed by atoms with E-state index in [0.717, 1.165) is 12.1 Å². The van der Waals surface area contributed by atoms with Gasteiger partial charge in [0.15, 0.2) is 0 Å². The molecule has 170 valence electrons. The molecular weight excluding hydrogens is 466 g/mol. The van der Waals surface area contributed by atoms with Gasteiger partial charge in [-0.05, 0) is 42.3 Å². The molecule has 2 atom stereocenters. The van der Waals surface area contributed by atoms with Crippen LogP contribution in [0.15, 0.2) is 48.0 Å². The molecule has 0 aliphatic carbocycles. The molecular formula is C21H19F4N3O2S2.